The smallest absolute Gasteiger partial charge is 0.263 e. The predicted molar refractivity (Wildman–Crippen MR) is 120 cm³/mol. The van der Waals surface area contributed by atoms with Crippen LogP contribution in [0.1, 0.15) is 19.3 Å². The molecule has 33 heavy (non-hydrogen) atoms. The molecule has 2 unspecified atom stereocenters. The van der Waals surface area contributed by atoms with Crippen LogP contribution in [-0.4, -0.2) is 39.7 Å². The number of amides is 1. The van der Waals surface area contributed by atoms with Crippen LogP contribution in [-0.2, 0) is 4.79 Å². The van der Waals surface area contributed by atoms with Crippen LogP contribution in [0.15, 0.2) is 66.6 Å². The van der Waals surface area contributed by atoms with Crippen molar-refractivity contribution < 1.29 is 18.3 Å². The summed E-state index contributed by atoms with van der Waals surface area (Å²) in [5, 5.41) is 7.47. The largest absolute Gasteiger partial charge is 0.484 e. The van der Waals surface area contributed by atoms with Gasteiger partial charge >= 0.3 is 0 Å². The van der Waals surface area contributed by atoms with Crippen LogP contribution < -0.4 is 15.0 Å². The highest BCUT2D eigenvalue weighted by Crippen LogP contribution is 2.33. The number of nitrogens with one attached hydrogen (secondary N) is 1. The molecule has 0 bridgehead atoms. The predicted octanol–water partition coefficient (Wildman–Crippen LogP) is 4.28. The molecule has 1 saturated heterocycles. The lowest BCUT2D eigenvalue weighted by Gasteiger charge is -2.31. The van der Waals surface area contributed by atoms with Crippen molar-refractivity contribution in [2.24, 2.45) is 5.92 Å². The molecule has 0 saturated carbocycles. The Morgan fingerprint density at radius 1 is 1.18 bits per heavy atom. The Balaban J connectivity index is 1.30. The van der Waals surface area contributed by atoms with Crippen LogP contribution in [0.3, 0.4) is 0 Å². The number of hydrogen-bond acceptors (Lipinski definition) is 5. The number of benzene rings is 1. The normalized spacial score (nSPS) is 20.2. The molecular formula is C24H23F2N5O2. The number of allylic oxidation sites excluding steroid dienone is 3. The van der Waals surface area contributed by atoms with Crippen LogP contribution in [0.5, 0.6) is 5.75 Å². The van der Waals surface area contributed by atoms with Gasteiger partial charge in [-0.25, -0.2) is 13.8 Å². The number of rotatable bonds is 6. The number of aromatic nitrogens is 3. The van der Waals surface area contributed by atoms with Crippen molar-refractivity contribution in [3.05, 3.63) is 72.5 Å². The van der Waals surface area contributed by atoms with Crippen molar-refractivity contribution in [2.75, 3.05) is 23.4 Å². The summed E-state index contributed by atoms with van der Waals surface area (Å²) in [6, 6.07) is 9.37. The quantitative estimate of drug-likeness (QED) is 0.606. The van der Waals surface area contributed by atoms with E-state index in [2.05, 4.69) is 15.2 Å². The molecule has 1 N–H and O–H groups in total. The summed E-state index contributed by atoms with van der Waals surface area (Å²) in [6.07, 6.45) is 9.41. The summed E-state index contributed by atoms with van der Waals surface area (Å²) in [5.74, 6) is 0.715. The number of fused-ring (bicyclic) bond motifs is 1. The Morgan fingerprint density at radius 2 is 2.03 bits per heavy atom. The van der Waals surface area contributed by atoms with E-state index in [0.717, 1.165) is 31.6 Å². The molecule has 1 amide bonds. The SMILES string of the molecule is O=C(COc1ccc(F)cc1)Nc1cnc2ccc(N3CCCC3C3C=C(F)C=CC3)nn12. The van der Waals surface area contributed by atoms with Gasteiger partial charge in [-0.15, -0.1) is 5.10 Å². The van der Waals surface area contributed by atoms with Gasteiger partial charge in [-0.3, -0.25) is 4.79 Å². The first-order valence-corrected chi connectivity index (χ1v) is 10.9. The van der Waals surface area contributed by atoms with Gasteiger partial charge in [0, 0.05) is 18.5 Å². The molecule has 0 radical (unpaired) electrons. The zero-order valence-electron chi connectivity index (χ0n) is 17.8. The van der Waals surface area contributed by atoms with Gasteiger partial charge in [0.05, 0.1) is 6.20 Å². The van der Waals surface area contributed by atoms with Gasteiger partial charge in [0.15, 0.2) is 18.1 Å². The summed E-state index contributed by atoms with van der Waals surface area (Å²) in [6.45, 7) is 0.598. The molecule has 1 aliphatic carbocycles. The molecule has 170 valence electrons. The fourth-order valence-corrected chi connectivity index (χ4v) is 4.42. The third-order valence-electron chi connectivity index (χ3n) is 5.95. The molecule has 2 aliphatic rings. The molecule has 2 aromatic heterocycles. The minimum absolute atomic E-state index is 0.0977. The maximum Gasteiger partial charge on any atom is 0.263 e. The first-order chi connectivity index (χ1) is 16.1. The molecule has 1 fully saturated rings. The maximum atomic E-state index is 13.8. The van der Waals surface area contributed by atoms with Gasteiger partial charge in [0.25, 0.3) is 5.91 Å². The number of imidazole rings is 1. The molecule has 3 heterocycles. The average molecular weight is 451 g/mol. The fourth-order valence-electron chi connectivity index (χ4n) is 4.42. The standard InChI is InChI=1S/C24H23F2N5O2/c25-17-6-8-19(9-7-17)33-15-24(32)28-23-14-27-21-10-11-22(29-31(21)23)30-12-2-5-20(30)16-3-1-4-18(26)13-16/h1,4,6-11,13-14,16,20H,2-3,5,12,15H2,(H,28,32). The van der Waals surface area contributed by atoms with Crippen LogP contribution in [0.25, 0.3) is 5.65 Å². The molecular weight excluding hydrogens is 428 g/mol. The van der Waals surface area contributed by atoms with Gasteiger partial charge in [0.1, 0.15) is 23.2 Å². The van der Waals surface area contributed by atoms with Crippen LogP contribution in [0.2, 0.25) is 0 Å². The van der Waals surface area contributed by atoms with Gasteiger partial charge in [-0.1, -0.05) is 6.08 Å². The summed E-state index contributed by atoms with van der Waals surface area (Å²) in [5.41, 5.74) is 0.593. The number of carbonyl (C=O) groups is 1. The van der Waals surface area contributed by atoms with E-state index in [4.69, 9.17) is 9.84 Å². The molecule has 3 aromatic rings. The van der Waals surface area contributed by atoms with Crippen molar-refractivity contribution in [1.82, 2.24) is 14.6 Å². The molecule has 7 nitrogen and oxygen atoms in total. The van der Waals surface area contributed by atoms with Crippen LogP contribution >= 0.6 is 0 Å². The van der Waals surface area contributed by atoms with E-state index in [9.17, 15) is 13.6 Å². The number of anilines is 2. The van der Waals surface area contributed by atoms with Crippen LogP contribution in [0.4, 0.5) is 20.4 Å². The lowest BCUT2D eigenvalue weighted by molar-refractivity contribution is -0.118. The second kappa shape index (κ2) is 9.01. The molecule has 5 rings (SSSR count). The highest BCUT2D eigenvalue weighted by atomic mass is 19.1. The number of halogens is 2. The van der Waals surface area contributed by atoms with Gasteiger partial charge in [0.2, 0.25) is 0 Å². The van der Waals surface area contributed by atoms with Gasteiger partial charge in [-0.2, -0.15) is 4.52 Å². The molecule has 9 heteroatoms. The lowest BCUT2D eigenvalue weighted by Crippen LogP contribution is -2.36. The minimum Gasteiger partial charge on any atom is -0.484 e. The Morgan fingerprint density at radius 3 is 2.85 bits per heavy atom. The van der Waals surface area contributed by atoms with Crippen molar-refractivity contribution >= 4 is 23.2 Å². The lowest BCUT2D eigenvalue weighted by atomic mass is 9.90. The Labute approximate surface area is 189 Å². The zero-order chi connectivity index (χ0) is 22.8. The fraction of sp³-hybridized carbons (Fsp3) is 0.292. The summed E-state index contributed by atoms with van der Waals surface area (Å²) < 4.78 is 33.8. The number of ether oxygens (including phenoxy) is 1. The van der Waals surface area contributed by atoms with E-state index >= 15 is 0 Å². The first kappa shape index (κ1) is 21.1. The van der Waals surface area contributed by atoms with E-state index in [1.807, 2.05) is 18.2 Å². The van der Waals surface area contributed by atoms with Gasteiger partial charge < -0.3 is 15.0 Å². The summed E-state index contributed by atoms with van der Waals surface area (Å²) in [7, 11) is 0. The number of hydrogen-bond donors (Lipinski definition) is 1. The number of carbonyl (C=O) groups excluding carboxylic acids is 1. The molecule has 0 spiro atoms. The third kappa shape index (κ3) is 4.57. The van der Waals surface area contributed by atoms with E-state index in [0.29, 0.717) is 17.2 Å². The summed E-state index contributed by atoms with van der Waals surface area (Å²) >= 11 is 0. The Kier molecular flexibility index (Phi) is 5.77. The van der Waals surface area contributed by atoms with E-state index in [1.54, 1.807) is 10.6 Å². The highest BCUT2D eigenvalue weighted by Gasteiger charge is 2.32. The van der Waals surface area contributed by atoms with Crippen molar-refractivity contribution in [3.8, 4) is 5.75 Å². The topological polar surface area (TPSA) is 71.8 Å². The summed E-state index contributed by atoms with van der Waals surface area (Å²) in [4.78, 5) is 18.9. The Hall–Kier alpha value is -3.75. The van der Waals surface area contributed by atoms with E-state index in [-0.39, 0.29) is 36.1 Å². The zero-order valence-corrected chi connectivity index (χ0v) is 17.8. The Bertz CT molecular complexity index is 1220. The van der Waals surface area contributed by atoms with Crippen molar-refractivity contribution in [1.29, 1.82) is 0 Å². The highest BCUT2D eigenvalue weighted by molar-refractivity contribution is 5.91. The minimum atomic E-state index is -0.387. The first-order valence-electron chi connectivity index (χ1n) is 10.9. The van der Waals surface area contributed by atoms with E-state index in [1.165, 1.54) is 36.5 Å². The maximum absolute atomic E-state index is 13.8. The number of nitrogens with zero attached hydrogens (tertiary/aromatic N) is 4. The van der Waals surface area contributed by atoms with Gasteiger partial charge in [-0.05, 0) is 67.8 Å². The monoisotopic (exact) mass is 451 g/mol. The molecule has 1 aliphatic heterocycles. The van der Waals surface area contributed by atoms with E-state index < -0.39 is 0 Å². The van der Waals surface area contributed by atoms with Crippen molar-refractivity contribution in [2.45, 2.75) is 25.3 Å². The van der Waals surface area contributed by atoms with Crippen molar-refractivity contribution in [3.63, 3.8) is 0 Å². The second-order valence-electron chi connectivity index (χ2n) is 8.15. The molecule has 1 aromatic carbocycles. The molecule has 2 atom stereocenters. The van der Waals surface area contributed by atoms with Crippen LogP contribution in [0, 0.1) is 11.7 Å². The average Bonchev–Trinajstić information content (AvgIpc) is 3.46. The second-order valence-corrected chi connectivity index (χ2v) is 8.15. The third-order valence-corrected chi connectivity index (χ3v) is 5.95.